The molecule has 0 saturated carbocycles. The molecule has 17 heavy (non-hydrogen) atoms. The van der Waals surface area contributed by atoms with Gasteiger partial charge in [-0.15, -0.1) is 0 Å². The van der Waals surface area contributed by atoms with Gasteiger partial charge < -0.3 is 9.57 Å². The Labute approximate surface area is 99.7 Å². The Bertz CT molecular complexity index is 584. The molecule has 1 aromatic carbocycles. The fourth-order valence-corrected chi connectivity index (χ4v) is 2.02. The van der Waals surface area contributed by atoms with Gasteiger partial charge in [0.25, 0.3) is 0 Å². The molecule has 0 saturated heterocycles. The Morgan fingerprint density at radius 3 is 2.41 bits per heavy atom. The minimum Gasteiger partial charge on any atom is -0.464 e. The monoisotopic (exact) mass is 233 g/mol. The van der Waals surface area contributed by atoms with Crippen LogP contribution in [0.2, 0.25) is 0 Å². The third-order valence-corrected chi connectivity index (χ3v) is 2.92. The molecule has 0 spiro atoms. The topological polar surface area (TPSA) is 40.5 Å². The maximum absolute atomic E-state index is 11.7. The molecule has 0 unspecified atom stereocenters. The highest BCUT2D eigenvalue weighted by molar-refractivity contribution is 5.97. The molecule has 0 fully saturated rings. The van der Waals surface area contributed by atoms with Crippen molar-refractivity contribution in [2.75, 3.05) is 14.2 Å². The highest BCUT2D eigenvalue weighted by Gasteiger charge is 2.18. The third-order valence-electron chi connectivity index (χ3n) is 2.92. The number of hydrogen-bond donors (Lipinski definition) is 0. The van der Waals surface area contributed by atoms with Crippen LogP contribution in [-0.4, -0.2) is 24.9 Å². The van der Waals surface area contributed by atoms with Crippen LogP contribution in [0.15, 0.2) is 18.2 Å². The second-order valence-electron chi connectivity index (χ2n) is 3.96. The van der Waals surface area contributed by atoms with Gasteiger partial charge in [-0.25, -0.2) is 4.79 Å². The van der Waals surface area contributed by atoms with Gasteiger partial charge in [-0.1, -0.05) is 12.1 Å². The smallest absolute Gasteiger partial charge is 0.358 e. The van der Waals surface area contributed by atoms with E-state index < -0.39 is 5.97 Å². The van der Waals surface area contributed by atoms with E-state index in [1.807, 2.05) is 26.0 Å². The molecule has 1 heterocycles. The van der Waals surface area contributed by atoms with Crippen LogP contribution in [-0.2, 0) is 4.74 Å². The summed E-state index contributed by atoms with van der Waals surface area (Å²) in [4.78, 5) is 16.9. The van der Waals surface area contributed by atoms with Gasteiger partial charge in [-0.2, -0.15) is 4.73 Å². The van der Waals surface area contributed by atoms with Gasteiger partial charge in [0.05, 0.1) is 12.6 Å². The van der Waals surface area contributed by atoms with E-state index in [1.165, 1.54) is 19.0 Å². The number of methoxy groups -OCH3 is 1. The first-order valence-corrected chi connectivity index (χ1v) is 5.34. The summed E-state index contributed by atoms with van der Waals surface area (Å²) in [6.45, 7) is 3.99. The van der Waals surface area contributed by atoms with E-state index in [4.69, 9.17) is 9.57 Å². The van der Waals surface area contributed by atoms with Crippen LogP contribution in [0.25, 0.3) is 10.9 Å². The number of esters is 1. The van der Waals surface area contributed by atoms with Crippen molar-refractivity contribution in [3.8, 4) is 0 Å². The maximum atomic E-state index is 11.7. The molecule has 2 rings (SSSR count). The number of aromatic nitrogens is 1. The zero-order chi connectivity index (χ0) is 12.6. The van der Waals surface area contributed by atoms with E-state index in [9.17, 15) is 4.79 Å². The lowest BCUT2D eigenvalue weighted by molar-refractivity contribution is 0.0550. The third kappa shape index (κ3) is 1.65. The lowest BCUT2D eigenvalue weighted by Crippen LogP contribution is -2.15. The number of rotatable bonds is 2. The van der Waals surface area contributed by atoms with Gasteiger partial charge in [-0.05, 0) is 31.0 Å². The first-order valence-electron chi connectivity index (χ1n) is 5.34. The standard InChI is InChI=1S/C13H15NO3/c1-8-5-6-9(2)12-10(8)7-11(13(15)16-3)14(12)17-4/h5-7H,1-4H3. The van der Waals surface area contributed by atoms with Gasteiger partial charge in [0.2, 0.25) is 0 Å². The molecule has 0 aliphatic carbocycles. The number of nitrogens with zero attached hydrogens (tertiary/aromatic N) is 1. The van der Waals surface area contributed by atoms with Crippen LogP contribution in [0.3, 0.4) is 0 Å². The molecule has 0 aliphatic heterocycles. The van der Waals surface area contributed by atoms with Crippen LogP contribution >= 0.6 is 0 Å². The lowest BCUT2D eigenvalue weighted by Gasteiger charge is -2.08. The van der Waals surface area contributed by atoms with Crippen LogP contribution < -0.4 is 4.84 Å². The van der Waals surface area contributed by atoms with E-state index in [0.29, 0.717) is 5.69 Å². The highest BCUT2D eigenvalue weighted by atomic mass is 16.6. The summed E-state index contributed by atoms with van der Waals surface area (Å²) in [5.74, 6) is -0.401. The predicted octanol–water partition coefficient (Wildman–Crippen LogP) is 2.10. The summed E-state index contributed by atoms with van der Waals surface area (Å²) >= 11 is 0. The Balaban J connectivity index is 2.84. The molecular weight excluding hydrogens is 218 g/mol. The fraction of sp³-hybridized carbons (Fsp3) is 0.308. The summed E-state index contributed by atoms with van der Waals surface area (Å²) < 4.78 is 6.27. The van der Waals surface area contributed by atoms with Crippen molar-refractivity contribution in [2.24, 2.45) is 0 Å². The van der Waals surface area contributed by atoms with Crippen LogP contribution in [0, 0.1) is 13.8 Å². The highest BCUT2D eigenvalue weighted by Crippen LogP contribution is 2.25. The summed E-state index contributed by atoms with van der Waals surface area (Å²) in [5, 5.41) is 1.01. The van der Waals surface area contributed by atoms with Gasteiger partial charge in [-0.3, -0.25) is 0 Å². The molecule has 0 bridgehead atoms. The van der Waals surface area contributed by atoms with Crippen molar-refractivity contribution in [1.82, 2.24) is 4.73 Å². The zero-order valence-electron chi connectivity index (χ0n) is 10.4. The summed E-state index contributed by atoms with van der Waals surface area (Å²) in [6.07, 6.45) is 0. The van der Waals surface area contributed by atoms with Gasteiger partial charge in [0.1, 0.15) is 7.11 Å². The van der Waals surface area contributed by atoms with E-state index in [-0.39, 0.29) is 0 Å². The average molecular weight is 233 g/mol. The van der Waals surface area contributed by atoms with Crippen LogP contribution in [0.5, 0.6) is 0 Å². The minimum atomic E-state index is -0.401. The molecule has 0 aliphatic rings. The molecule has 2 aromatic rings. The van der Waals surface area contributed by atoms with E-state index in [0.717, 1.165) is 22.0 Å². The molecule has 1 aromatic heterocycles. The van der Waals surface area contributed by atoms with E-state index >= 15 is 0 Å². The van der Waals surface area contributed by atoms with Gasteiger partial charge in [0.15, 0.2) is 5.69 Å². The molecule has 0 N–H and O–H groups in total. The number of aryl methyl sites for hydroxylation is 2. The Hall–Kier alpha value is -1.97. The van der Waals surface area contributed by atoms with Crippen molar-refractivity contribution >= 4 is 16.9 Å². The minimum absolute atomic E-state index is 0.401. The first-order chi connectivity index (χ1) is 8.10. The summed E-state index contributed by atoms with van der Waals surface area (Å²) in [6, 6.07) is 5.83. The summed E-state index contributed by atoms with van der Waals surface area (Å²) in [7, 11) is 2.90. The molecule has 0 radical (unpaired) electrons. The van der Waals surface area contributed by atoms with Crippen molar-refractivity contribution in [2.45, 2.75) is 13.8 Å². The van der Waals surface area contributed by atoms with Gasteiger partial charge in [0, 0.05) is 5.39 Å². The molecule has 0 atom stereocenters. The van der Waals surface area contributed by atoms with Gasteiger partial charge >= 0.3 is 5.97 Å². The Morgan fingerprint density at radius 1 is 1.18 bits per heavy atom. The second-order valence-corrected chi connectivity index (χ2v) is 3.96. The Morgan fingerprint density at radius 2 is 1.82 bits per heavy atom. The van der Waals surface area contributed by atoms with Crippen molar-refractivity contribution in [3.05, 3.63) is 35.0 Å². The SMILES string of the molecule is COC(=O)c1cc2c(C)ccc(C)c2n1OC. The summed E-state index contributed by atoms with van der Waals surface area (Å²) in [5.41, 5.74) is 3.48. The van der Waals surface area contributed by atoms with E-state index in [2.05, 4.69) is 0 Å². The van der Waals surface area contributed by atoms with Crippen molar-refractivity contribution in [1.29, 1.82) is 0 Å². The number of carbonyl (C=O) groups excluding carboxylic acids is 1. The number of ether oxygens (including phenoxy) is 1. The quantitative estimate of drug-likeness (QED) is 0.746. The predicted molar refractivity (Wildman–Crippen MR) is 65.3 cm³/mol. The first kappa shape index (κ1) is 11.5. The number of fused-ring (bicyclic) bond motifs is 1. The van der Waals surface area contributed by atoms with E-state index in [1.54, 1.807) is 6.07 Å². The lowest BCUT2D eigenvalue weighted by atomic mass is 10.1. The maximum Gasteiger partial charge on any atom is 0.358 e. The molecule has 4 heteroatoms. The zero-order valence-corrected chi connectivity index (χ0v) is 10.4. The number of benzene rings is 1. The largest absolute Gasteiger partial charge is 0.464 e. The van der Waals surface area contributed by atoms with Crippen molar-refractivity contribution in [3.63, 3.8) is 0 Å². The molecule has 4 nitrogen and oxygen atoms in total. The normalized spacial score (nSPS) is 10.6. The second kappa shape index (κ2) is 4.13. The number of carbonyl (C=O) groups is 1. The fourth-order valence-electron chi connectivity index (χ4n) is 2.02. The molecule has 0 amide bonds. The van der Waals surface area contributed by atoms with Crippen molar-refractivity contribution < 1.29 is 14.4 Å². The van der Waals surface area contributed by atoms with Crippen LogP contribution in [0.1, 0.15) is 21.6 Å². The molecular formula is C13H15NO3. The number of hydrogen-bond acceptors (Lipinski definition) is 3. The Kier molecular flexibility index (Phi) is 2.79. The van der Waals surface area contributed by atoms with Crippen LogP contribution in [0.4, 0.5) is 0 Å². The average Bonchev–Trinajstić information content (AvgIpc) is 2.73. The molecule has 90 valence electrons.